The fourth-order valence-electron chi connectivity index (χ4n) is 5.94. The van der Waals surface area contributed by atoms with Gasteiger partial charge in [-0.15, -0.1) is 0 Å². The van der Waals surface area contributed by atoms with Crippen LogP contribution >= 0.6 is 0 Å². The van der Waals surface area contributed by atoms with Gasteiger partial charge >= 0.3 is 0 Å². The van der Waals surface area contributed by atoms with Gasteiger partial charge in [0.25, 0.3) is 5.91 Å². The van der Waals surface area contributed by atoms with Crippen molar-refractivity contribution >= 4 is 28.6 Å². The number of halogens is 2. The van der Waals surface area contributed by atoms with E-state index in [1.54, 1.807) is 27.5 Å². The molecule has 1 atom stereocenters. The number of aromatic nitrogens is 1. The summed E-state index contributed by atoms with van der Waals surface area (Å²) in [4.78, 5) is 43.1. The molecular weight excluding hydrogens is 564 g/mol. The first kappa shape index (κ1) is 32.8. The first-order valence-corrected chi connectivity index (χ1v) is 15.1. The Labute approximate surface area is 250 Å². The SMILES string of the molecule is CNCC(=O)NC(C(=O)N1CCN(C(=O)c2cc3cc(F)c(F)cc3n2CCOCCOCCO)CC1)C1CCCCC1. The number of piperazine rings is 1. The van der Waals surface area contributed by atoms with Crippen LogP contribution in [0.1, 0.15) is 42.6 Å². The van der Waals surface area contributed by atoms with Crippen molar-refractivity contribution in [3.05, 3.63) is 35.5 Å². The van der Waals surface area contributed by atoms with E-state index in [2.05, 4.69) is 10.6 Å². The fourth-order valence-corrected chi connectivity index (χ4v) is 5.94. The third kappa shape index (κ3) is 8.49. The molecule has 4 rings (SSSR count). The van der Waals surface area contributed by atoms with Gasteiger partial charge in [-0.25, -0.2) is 8.78 Å². The lowest BCUT2D eigenvalue weighted by molar-refractivity contribution is -0.139. The number of carbonyl (C=O) groups excluding carboxylic acids is 3. The summed E-state index contributed by atoms with van der Waals surface area (Å²) < 4.78 is 40.6. The van der Waals surface area contributed by atoms with Crippen molar-refractivity contribution in [2.45, 2.75) is 44.7 Å². The number of nitrogens with one attached hydrogen (secondary N) is 2. The van der Waals surface area contributed by atoms with Gasteiger partial charge in [-0.3, -0.25) is 14.4 Å². The number of hydrogen-bond donors (Lipinski definition) is 3. The number of carbonyl (C=O) groups is 3. The lowest BCUT2D eigenvalue weighted by atomic mass is 9.83. The molecule has 2 heterocycles. The summed E-state index contributed by atoms with van der Waals surface area (Å²) in [6.07, 6.45) is 4.97. The molecule has 3 N–H and O–H groups in total. The third-order valence-electron chi connectivity index (χ3n) is 8.15. The lowest BCUT2D eigenvalue weighted by Crippen LogP contribution is -2.58. The normalized spacial score (nSPS) is 16.9. The summed E-state index contributed by atoms with van der Waals surface area (Å²) in [7, 11) is 1.68. The first-order chi connectivity index (χ1) is 20.8. The Bertz CT molecular complexity index is 1240. The molecule has 2 aromatic rings. The highest BCUT2D eigenvalue weighted by Crippen LogP contribution is 2.28. The first-order valence-electron chi connectivity index (χ1n) is 15.1. The van der Waals surface area contributed by atoms with Crippen LogP contribution in [-0.2, 0) is 25.6 Å². The summed E-state index contributed by atoms with van der Waals surface area (Å²) in [6.45, 7) is 2.46. The maximum atomic E-state index is 14.2. The van der Waals surface area contributed by atoms with Crippen molar-refractivity contribution in [1.29, 1.82) is 0 Å². The van der Waals surface area contributed by atoms with Crippen LogP contribution in [0.15, 0.2) is 18.2 Å². The number of likely N-dealkylation sites (N-methyl/N-ethyl adjacent to an activating group) is 1. The zero-order valence-corrected chi connectivity index (χ0v) is 24.8. The van der Waals surface area contributed by atoms with Gasteiger partial charge in [0.1, 0.15) is 11.7 Å². The zero-order valence-electron chi connectivity index (χ0n) is 24.8. The van der Waals surface area contributed by atoms with Gasteiger partial charge < -0.3 is 39.6 Å². The summed E-state index contributed by atoms with van der Waals surface area (Å²) in [5.74, 6) is -2.57. The van der Waals surface area contributed by atoms with Crippen molar-refractivity contribution in [2.75, 3.05) is 72.8 Å². The van der Waals surface area contributed by atoms with E-state index >= 15 is 0 Å². The topological polar surface area (TPSA) is 125 Å². The van der Waals surface area contributed by atoms with Crippen LogP contribution in [-0.4, -0.2) is 116 Å². The van der Waals surface area contributed by atoms with E-state index in [0.717, 1.165) is 44.2 Å². The van der Waals surface area contributed by atoms with Crippen LogP contribution in [0.5, 0.6) is 0 Å². The molecule has 3 amide bonds. The van der Waals surface area contributed by atoms with E-state index in [1.807, 2.05) is 0 Å². The number of aliphatic hydroxyl groups is 1. The second-order valence-electron chi connectivity index (χ2n) is 11.0. The van der Waals surface area contributed by atoms with Crippen LogP contribution in [0, 0.1) is 17.6 Å². The molecule has 1 saturated carbocycles. The number of hydrogen-bond acceptors (Lipinski definition) is 7. The molecule has 1 aliphatic carbocycles. The van der Waals surface area contributed by atoms with Crippen molar-refractivity contribution in [3.63, 3.8) is 0 Å². The molecular formula is C30H43F2N5O6. The highest BCUT2D eigenvalue weighted by Gasteiger charge is 2.36. The lowest BCUT2D eigenvalue weighted by Gasteiger charge is -2.39. The molecule has 2 aliphatic rings. The molecule has 11 nitrogen and oxygen atoms in total. The standard InChI is InChI=1S/C30H43F2N5O6/c1-33-20-27(39)34-28(21-5-3-2-4-6-21)30(41)36-9-7-35(8-10-36)29(40)26-18-22-17-23(31)24(32)19-25(22)37(26)11-13-42-15-16-43-14-12-38/h17-19,21,28,33,38H,2-16,20H2,1H3,(H,34,39). The highest BCUT2D eigenvalue weighted by molar-refractivity contribution is 5.99. The van der Waals surface area contributed by atoms with E-state index in [9.17, 15) is 23.2 Å². The molecule has 0 radical (unpaired) electrons. The molecule has 0 bridgehead atoms. The average Bonchev–Trinajstić information content (AvgIpc) is 3.36. The largest absolute Gasteiger partial charge is 0.394 e. The summed E-state index contributed by atoms with van der Waals surface area (Å²) in [5, 5.41) is 15.0. The van der Waals surface area contributed by atoms with Crippen LogP contribution in [0.25, 0.3) is 10.9 Å². The molecule has 1 saturated heterocycles. The van der Waals surface area contributed by atoms with E-state index in [0.29, 0.717) is 30.6 Å². The van der Waals surface area contributed by atoms with Gasteiger partial charge in [0.2, 0.25) is 11.8 Å². The minimum Gasteiger partial charge on any atom is -0.394 e. The van der Waals surface area contributed by atoms with Crippen LogP contribution in [0.4, 0.5) is 8.78 Å². The summed E-state index contributed by atoms with van der Waals surface area (Å²) in [6, 6.07) is 3.12. The minimum atomic E-state index is -1.01. The molecule has 1 aliphatic heterocycles. The fraction of sp³-hybridized carbons (Fsp3) is 0.633. The second-order valence-corrected chi connectivity index (χ2v) is 11.0. The highest BCUT2D eigenvalue weighted by atomic mass is 19.2. The quantitative estimate of drug-likeness (QED) is 0.278. The molecule has 1 aromatic heterocycles. The van der Waals surface area contributed by atoms with Crippen molar-refractivity contribution in [2.24, 2.45) is 5.92 Å². The number of ether oxygens (including phenoxy) is 2. The second kappa shape index (κ2) is 16.1. The van der Waals surface area contributed by atoms with Crippen LogP contribution in [0.3, 0.4) is 0 Å². The molecule has 13 heteroatoms. The van der Waals surface area contributed by atoms with Gasteiger partial charge in [0, 0.05) is 44.2 Å². The molecule has 2 fully saturated rings. The Morgan fingerprint density at radius 2 is 1.58 bits per heavy atom. The van der Waals surface area contributed by atoms with E-state index < -0.39 is 17.7 Å². The Morgan fingerprint density at radius 3 is 2.26 bits per heavy atom. The minimum absolute atomic E-state index is 0.0836. The maximum Gasteiger partial charge on any atom is 0.270 e. The summed E-state index contributed by atoms with van der Waals surface area (Å²) >= 11 is 0. The van der Waals surface area contributed by atoms with Crippen LogP contribution in [0.2, 0.25) is 0 Å². The van der Waals surface area contributed by atoms with Gasteiger partial charge in [-0.05, 0) is 37.9 Å². The Kier molecular flexibility index (Phi) is 12.3. The molecule has 1 aromatic carbocycles. The molecule has 43 heavy (non-hydrogen) atoms. The predicted octanol–water partition coefficient (Wildman–Crippen LogP) is 1.51. The number of nitrogens with zero attached hydrogens (tertiary/aromatic N) is 3. The monoisotopic (exact) mass is 607 g/mol. The third-order valence-corrected chi connectivity index (χ3v) is 8.15. The van der Waals surface area contributed by atoms with Crippen molar-refractivity contribution in [3.8, 4) is 0 Å². The number of benzene rings is 1. The Balaban J connectivity index is 1.43. The van der Waals surface area contributed by atoms with Crippen molar-refractivity contribution < 1.29 is 37.7 Å². The van der Waals surface area contributed by atoms with Gasteiger partial charge in [0.05, 0.1) is 45.1 Å². The molecule has 0 spiro atoms. The maximum absolute atomic E-state index is 14.2. The Morgan fingerprint density at radius 1 is 0.930 bits per heavy atom. The predicted molar refractivity (Wildman–Crippen MR) is 155 cm³/mol. The molecule has 238 valence electrons. The summed E-state index contributed by atoms with van der Waals surface area (Å²) in [5.41, 5.74) is 0.656. The van der Waals surface area contributed by atoms with Gasteiger partial charge in [-0.1, -0.05) is 19.3 Å². The number of fused-ring (bicyclic) bond motifs is 1. The van der Waals surface area contributed by atoms with Crippen molar-refractivity contribution in [1.82, 2.24) is 25.0 Å². The Hall–Kier alpha value is -3.13. The van der Waals surface area contributed by atoms with Crippen LogP contribution < -0.4 is 10.6 Å². The van der Waals surface area contributed by atoms with E-state index in [4.69, 9.17) is 14.6 Å². The molecule has 1 unspecified atom stereocenters. The smallest absolute Gasteiger partial charge is 0.270 e. The average molecular weight is 608 g/mol. The van der Waals surface area contributed by atoms with E-state index in [1.165, 1.54) is 0 Å². The number of aliphatic hydroxyl groups excluding tert-OH is 1. The van der Waals surface area contributed by atoms with Gasteiger partial charge in [-0.2, -0.15) is 0 Å². The number of rotatable bonds is 14. The van der Waals surface area contributed by atoms with Gasteiger partial charge in [0.15, 0.2) is 11.6 Å². The number of amides is 3. The zero-order chi connectivity index (χ0) is 30.8. The van der Waals surface area contributed by atoms with E-state index in [-0.39, 0.29) is 81.9 Å².